The summed E-state index contributed by atoms with van der Waals surface area (Å²) in [5.41, 5.74) is 5.52. The van der Waals surface area contributed by atoms with Crippen molar-refractivity contribution in [2.75, 3.05) is 26.4 Å². The number of likely N-dealkylation sites (tertiary alicyclic amines) is 1. The third-order valence-corrected chi connectivity index (χ3v) is 4.72. The summed E-state index contributed by atoms with van der Waals surface area (Å²) in [5, 5.41) is 42.7. The predicted octanol–water partition coefficient (Wildman–Crippen LogP) is -5.16. The fraction of sp³-hybridized carbons (Fsp3) is 0.706. The summed E-state index contributed by atoms with van der Waals surface area (Å²) in [6, 6.07) is -6.34. The molecule has 5 atom stereocenters. The van der Waals surface area contributed by atoms with Gasteiger partial charge in [-0.15, -0.1) is 0 Å². The van der Waals surface area contributed by atoms with E-state index in [2.05, 4.69) is 10.6 Å². The van der Waals surface area contributed by atoms with Crippen LogP contribution in [-0.4, -0.2) is 111 Å². The molecule has 14 heteroatoms. The number of hydrogen-bond donors (Lipinski definition) is 8. The minimum absolute atomic E-state index is 0.271. The molecule has 0 unspecified atom stereocenters. The number of aliphatic hydroxyl groups excluding tert-OH is 3. The van der Waals surface area contributed by atoms with Crippen molar-refractivity contribution < 1.29 is 44.4 Å². The highest BCUT2D eigenvalue weighted by Crippen LogP contribution is 2.18. The largest absolute Gasteiger partial charge is 0.480 e. The van der Waals surface area contributed by atoms with Crippen molar-refractivity contribution >= 4 is 29.6 Å². The number of carbonyl (C=O) groups excluding carboxylic acids is 4. The van der Waals surface area contributed by atoms with Gasteiger partial charge in [-0.1, -0.05) is 0 Å². The Balaban J connectivity index is 2.69. The van der Waals surface area contributed by atoms with Gasteiger partial charge in [0.15, 0.2) is 0 Å². The molecule has 31 heavy (non-hydrogen) atoms. The lowest BCUT2D eigenvalue weighted by Gasteiger charge is -2.27. The van der Waals surface area contributed by atoms with Gasteiger partial charge in [0.1, 0.15) is 30.2 Å². The lowest BCUT2D eigenvalue weighted by molar-refractivity contribution is -0.143. The van der Waals surface area contributed by atoms with Gasteiger partial charge in [0.25, 0.3) is 0 Å². The van der Waals surface area contributed by atoms with E-state index >= 15 is 0 Å². The molecule has 14 nitrogen and oxygen atoms in total. The molecule has 0 spiro atoms. The highest BCUT2D eigenvalue weighted by Gasteiger charge is 2.37. The Morgan fingerprint density at radius 2 is 1.55 bits per heavy atom. The van der Waals surface area contributed by atoms with Crippen molar-refractivity contribution in [3.05, 3.63) is 0 Å². The van der Waals surface area contributed by atoms with Crippen LogP contribution in [0.15, 0.2) is 0 Å². The van der Waals surface area contributed by atoms with Crippen molar-refractivity contribution in [1.29, 1.82) is 0 Å². The highest BCUT2D eigenvalue weighted by atomic mass is 16.4. The third-order valence-electron chi connectivity index (χ3n) is 4.72. The first-order valence-electron chi connectivity index (χ1n) is 9.59. The smallest absolute Gasteiger partial charge is 0.328 e. The summed E-state index contributed by atoms with van der Waals surface area (Å²) in [5.74, 6) is -4.61. The van der Waals surface area contributed by atoms with Crippen LogP contribution in [0.5, 0.6) is 0 Å². The maximum atomic E-state index is 12.5. The van der Waals surface area contributed by atoms with E-state index in [0.717, 1.165) is 0 Å². The van der Waals surface area contributed by atoms with Crippen molar-refractivity contribution in [3.8, 4) is 0 Å². The molecule has 0 aliphatic carbocycles. The molecule has 1 aliphatic rings. The van der Waals surface area contributed by atoms with E-state index in [4.69, 9.17) is 21.1 Å². The Kier molecular flexibility index (Phi) is 10.3. The molecule has 0 aromatic heterocycles. The van der Waals surface area contributed by atoms with Gasteiger partial charge in [-0.25, -0.2) is 4.79 Å². The number of hydrogen-bond acceptors (Lipinski definition) is 9. The van der Waals surface area contributed by atoms with Gasteiger partial charge in [-0.2, -0.15) is 0 Å². The molecule has 1 fully saturated rings. The van der Waals surface area contributed by atoms with Gasteiger partial charge in [0.2, 0.25) is 23.6 Å². The van der Waals surface area contributed by atoms with Crippen LogP contribution in [0, 0.1) is 0 Å². The first kappa shape index (κ1) is 26.2. The SMILES string of the molecule is C[C@H](NC(=O)[C@@H]1CCCN1C(=O)[C@@H](N)CO)C(=O)N[C@@H](CO)C(=O)N[C@@H](CO)C(=O)O. The van der Waals surface area contributed by atoms with Crippen LogP contribution >= 0.6 is 0 Å². The van der Waals surface area contributed by atoms with Crippen molar-refractivity contribution in [1.82, 2.24) is 20.9 Å². The van der Waals surface area contributed by atoms with E-state index in [1.54, 1.807) is 0 Å². The fourth-order valence-corrected chi connectivity index (χ4v) is 2.92. The van der Waals surface area contributed by atoms with Crippen LogP contribution in [-0.2, 0) is 24.0 Å². The Hall–Kier alpha value is -2.81. The number of carboxylic acid groups (broad SMARTS) is 1. The van der Waals surface area contributed by atoms with Gasteiger partial charge >= 0.3 is 5.97 Å². The molecule has 0 aromatic carbocycles. The fourth-order valence-electron chi connectivity index (χ4n) is 2.92. The molecule has 0 radical (unpaired) electrons. The molecule has 176 valence electrons. The number of carboxylic acids is 1. The lowest BCUT2D eigenvalue weighted by Crippen LogP contribution is -2.58. The maximum absolute atomic E-state index is 12.5. The molecule has 4 amide bonds. The minimum Gasteiger partial charge on any atom is -0.480 e. The number of aliphatic carboxylic acids is 1. The van der Waals surface area contributed by atoms with Crippen LogP contribution in [0.25, 0.3) is 0 Å². The van der Waals surface area contributed by atoms with Gasteiger partial charge in [-0.05, 0) is 19.8 Å². The number of nitrogens with one attached hydrogen (secondary N) is 3. The zero-order valence-electron chi connectivity index (χ0n) is 17.0. The van der Waals surface area contributed by atoms with Crippen LogP contribution in [0.3, 0.4) is 0 Å². The summed E-state index contributed by atoms with van der Waals surface area (Å²) in [6.07, 6.45) is 0.869. The van der Waals surface area contributed by atoms with E-state index in [0.29, 0.717) is 12.8 Å². The van der Waals surface area contributed by atoms with Crippen LogP contribution in [0.1, 0.15) is 19.8 Å². The molecule has 1 rings (SSSR count). The van der Waals surface area contributed by atoms with Crippen molar-refractivity contribution in [3.63, 3.8) is 0 Å². The predicted molar refractivity (Wildman–Crippen MR) is 103 cm³/mol. The molecular formula is C17H29N5O9. The van der Waals surface area contributed by atoms with Crippen LogP contribution < -0.4 is 21.7 Å². The molecule has 9 N–H and O–H groups in total. The standard InChI is InChI=1S/C17H29N5O9/c1-8(13(26)20-10(6-24)14(27)21-11(7-25)17(30)31)19-15(28)12-3-2-4-22(12)16(29)9(18)5-23/h8-12,23-25H,2-7,18H2,1H3,(H,19,28)(H,20,26)(H,21,27)(H,30,31)/t8-,9-,10-,11-,12-/m0/s1. The van der Waals surface area contributed by atoms with Crippen molar-refractivity contribution in [2.24, 2.45) is 5.73 Å². The summed E-state index contributed by atoms with van der Waals surface area (Å²) in [6.45, 7) is -0.746. The van der Waals surface area contributed by atoms with Gasteiger partial charge < -0.3 is 47.0 Å². The zero-order valence-corrected chi connectivity index (χ0v) is 17.0. The Morgan fingerprint density at radius 1 is 0.968 bits per heavy atom. The molecular weight excluding hydrogens is 418 g/mol. The van der Waals surface area contributed by atoms with E-state index in [-0.39, 0.29) is 6.54 Å². The van der Waals surface area contributed by atoms with Crippen LogP contribution in [0.4, 0.5) is 0 Å². The normalized spacial score (nSPS) is 19.6. The third kappa shape index (κ3) is 7.13. The minimum atomic E-state index is -1.62. The number of carbonyl (C=O) groups is 5. The molecule has 1 heterocycles. The van der Waals surface area contributed by atoms with E-state index in [9.17, 15) is 29.1 Å². The molecule has 0 saturated carbocycles. The Labute approximate surface area is 177 Å². The summed E-state index contributed by atoms with van der Waals surface area (Å²) < 4.78 is 0. The number of aliphatic hydroxyl groups is 3. The van der Waals surface area contributed by atoms with Crippen LogP contribution in [0.2, 0.25) is 0 Å². The average Bonchev–Trinajstić information content (AvgIpc) is 3.23. The zero-order chi connectivity index (χ0) is 23.7. The van der Waals surface area contributed by atoms with E-state index < -0.39 is 79.6 Å². The summed E-state index contributed by atoms with van der Waals surface area (Å²) in [4.78, 5) is 61.1. The first-order valence-corrected chi connectivity index (χ1v) is 9.59. The van der Waals surface area contributed by atoms with Crippen molar-refractivity contribution in [2.45, 2.75) is 50.0 Å². The van der Waals surface area contributed by atoms with E-state index in [1.165, 1.54) is 11.8 Å². The molecule has 1 saturated heterocycles. The second-order valence-corrected chi connectivity index (χ2v) is 7.03. The topological polar surface area (TPSA) is 232 Å². The number of rotatable bonds is 11. The van der Waals surface area contributed by atoms with Gasteiger partial charge in [0, 0.05) is 6.54 Å². The summed E-state index contributed by atoms with van der Waals surface area (Å²) >= 11 is 0. The Morgan fingerprint density at radius 3 is 2.06 bits per heavy atom. The maximum Gasteiger partial charge on any atom is 0.328 e. The monoisotopic (exact) mass is 447 g/mol. The highest BCUT2D eigenvalue weighted by molar-refractivity contribution is 5.95. The summed E-state index contributed by atoms with van der Waals surface area (Å²) in [7, 11) is 0. The van der Waals surface area contributed by atoms with Gasteiger partial charge in [0.05, 0.1) is 19.8 Å². The number of amides is 4. The molecule has 0 bridgehead atoms. The second kappa shape index (κ2) is 12.1. The van der Waals surface area contributed by atoms with E-state index in [1.807, 2.05) is 5.32 Å². The Bertz CT molecular complexity index is 689. The molecule has 1 aliphatic heterocycles. The number of nitrogens with two attached hydrogens (primary N) is 1. The first-order chi connectivity index (χ1) is 14.6. The second-order valence-electron chi connectivity index (χ2n) is 7.03. The quantitative estimate of drug-likeness (QED) is 0.150. The number of nitrogens with zero attached hydrogens (tertiary/aromatic N) is 1. The van der Waals surface area contributed by atoms with Gasteiger partial charge in [-0.3, -0.25) is 19.2 Å². The lowest BCUT2D eigenvalue weighted by atomic mass is 10.1. The molecule has 0 aromatic rings. The average molecular weight is 447 g/mol.